The van der Waals surface area contributed by atoms with Crippen LogP contribution in [0.25, 0.3) is 11.4 Å². The molecule has 2 rings (SSSR count). The largest absolute Gasteiger partial charge is 0.370 e. The Labute approximate surface area is 116 Å². The van der Waals surface area contributed by atoms with E-state index in [0.717, 1.165) is 40.3 Å². The molecule has 0 fully saturated rings. The molecule has 1 aromatic carbocycles. The number of nitrogens with one attached hydrogen (secondary N) is 1. The minimum Gasteiger partial charge on any atom is -0.370 e. The van der Waals surface area contributed by atoms with Gasteiger partial charge in [-0.3, -0.25) is 0 Å². The molecule has 18 heavy (non-hydrogen) atoms. The number of aryl methyl sites for hydroxylation is 1. The zero-order valence-corrected chi connectivity index (χ0v) is 12.2. The van der Waals surface area contributed by atoms with Crippen molar-refractivity contribution >= 4 is 21.7 Å². The zero-order valence-electron chi connectivity index (χ0n) is 10.6. The molecular formula is C14H16BrN3. The molecule has 0 amide bonds. The van der Waals surface area contributed by atoms with Crippen LogP contribution in [0.5, 0.6) is 0 Å². The molecule has 0 unspecified atom stereocenters. The first-order chi connectivity index (χ1) is 8.69. The van der Waals surface area contributed by atoms with Crippen molar-refractivity contribution in [2.75, 3.05) is 11.9 Å². The molecule has 0 radical (unpaired) electrons. The third kappa shape index (κ3) is 3.29. The smallest absolute Gasteiger partial charge is 0.161 e. The molecule has 0 spiro atoms. The van der Waals surface area contributed by atoms with Crippen LogP contribution in [-0.4, -0.2) is 16.5 Å². The van der Waals surface area contributed by atoms with Gasteiger partial charge in [-0.15, -0.1) is 0 Å². The number of hydrogen-bond donors (Lipinski definition) is 1. The quantitative estimate of drug-likeness (QED) is 0.926. The van der Waals surface area contributed by atoms with Gasteiger partial charge in [0.25, 0.3) is 0 Å². The second-order valence-corrected chi connectivity index (χ2v) is 5.07. The summed E-state index contributed by atoms with van der Waals surface area (Å²) >= 11 is 3.47. The molecule has 1 aromatic heterocycles. The maximum absolute atomic E-state index is 4.54. The van der Waals surface area contributed by atoms with E-state index in [1.165, 1.54) is 0 Å². The van der Waals surface area contributed by atoms with Gasteiger partial charge in [0.1, 0.15) is 5.82 Å². The summed E-state index contributed by atoms with van der Waals surface area (Å²) in [6.07, 6.45) is 1.08. The monoisotopic (exact) mass is 305 g/mol. The van der Waals surface area contributed by atoms with Crippen molar-refractivity contribution in [2.24, 2.45) is 0 Å². The molecule has 94 valence electrons. The summed E-state index contributed by atoms with van der Waals surface area (Å²) in [5.41, 5.74) is 1.99. The topological polar surface area (TPSA) is 37.8 Å². The Hall–Kier alpha value is -1.42. The van der Waals surface area contributed by atoms with Gasteiger partial charge in [-0.25, -0.2) is 9.97 Å². The van der Waals surface area contributed by atoms with Gasteiger partial charge in [-0.1, -0.05) is 35.0 Å². The highest BCUT2D eigenvalue weighted by Gasteiger charge is 2.05. The van der Waals surface area contributed by atoms with E-state index in [4.69, 9.17) is 0 Å². The normalized spacial score (nSPS) is 10.4. The molecule has 0 aliphatic rings. The first-order valence-electron chi connectivity index (χ1n) is 6.04. The predicted octanol–water partition coefficient (Wildman–Crippen LogP) is 4.04. The average Bonchev–Trinajstić information content (AvgIpc) is 2.36. The summed E-state index contributed by atoms with van der Waals surface area (Å²) in [4.78, 5) is 9.02. The number of benzene rings is 1. The maximum Gasteiger partial charge on any atom is 0.161 e. The van der Waals surface area contributed by atoms with E-state index < -0.39 is 0 Å². The van der Waals surface area contributed by atoms with Crippen LogP contribution in [0.15, 0.2) is 34.8 Å². The van der Waals surface area contributed by atoms with E-state index in [2.05, 4.69) is 38.1 Å². The van der Waals surface area contributed by atoms with Gasteiger partial charge in [0.2, 0.25) is 0 Å². The van der Waals surface area contributed by atoms with E-state index in [1.54, 1.807) is 0 Å². The number of rotatable bonds is 4. The molecule has 4 heteroatoms. The number of halogens is 1. The Morgan fingerprint density at radius 2 is 2.06 bits per heavy atom. The number of hydrogen-bond acceptors (Lipinski definition) is 3. The molecule has 0 saturated heterocycles. The lowest BCUT2D eigenvalue weighted by Crippen LogP contribution is -2.04. The SMILES string of the molecule is CCCNc1cc(C)nc(-c2cccc(Br)c2)n1. The van der Waals surface area contributed by atoms with Crippen LogP contribution < -0.4 is 5.32 Å². The second kappa shape index (κ2) is 5.96. The molecule has 2 aromatic rings. The Morgan fingerprint density at radius 3 is 2.78 bits per heavy atom. The van der Waals surface area contributed by atoms with Crippen molar-refractivity contribution in [2.45, 2.75) is 20.3 Å². The standard InChI is InChI=1S/C14H16BrN3/c1-3-7-16-13-8-10(2)17-14(18-13)11-5-4-6-12(15)9-11/h4-6,8-9H,3,7H2,1-2H3,(H,16,17,18). The minimum absolute atomic E-state index is 0.759. The van der Waals surface area contributed by atoms with Crippen LogP contribution in [0.1, 0.15) is 19.0 Å². The maximum atomic E-state index is 4.54. The summed E-state index contributed by atoms with van der Waals surface area (Å²) in [5, 5.41) is 3.30. The fourth-order valence-electron chi connectivity index (χ4n) is 1.67. The second-order valence-electron chi connectivity index (χ2n) is 4.16. The zero-order chi connectivity index (χ0) is 13.0. The van der Waals surface area contributed by atoms with Crippen LogP contribution in [0.4, 0.5) is 5.82 Å². The fraction of sp³-hybridized carbons (Fsp3) is 0.286. The third-order valence-corrected chi connectivity index (χ3v) is 2.99. The minimum atomic E-state index is 0.759. The first-order valence-corrected chi connectivity index (χ1v) is 6.84. The molecule has 0 atom stereocenters. The molecule has 0 aliphatic heterocycles. The van der Waals surface area contributed by atoms with E-state index in [0.29, 0.717) is 0 Å². The first kappa shape index (κ1) is 13.0. The molecular weight excluding hydrogens is 290 g/mol. The number of nitrogens with zero attached hydrogens (tertiary/aromatic N) is 2. The summed E-state index contributed by atoms with van der Waals surface area (Å²) in [5.74, 6) is 1.65. The Morgan fingerprint density at radius 1 is 1.22 bits per heavy atom. The van der Waals surface area contributed by atoms with Crippen LogP contribution in [0.2, 0.25) is 0 Å². The molecule has 0 aliphatic carbocycles. The average molecular weight is 306 g/mol. The Balaban J connectivity index is 2.35. The van der Waals surface area contributed by atoms with E-state index in [1.807, 2.05) is 37.3 Å². The molecule has 0 saturated carbocycles. The molecule has 0 bridgehead atoms. The van der Waals surface area contributed by atoms with Gasteiger partial charge < -0.3 is 5.32 Å². The molecule has 3 nitrogen and oxygen atoms in total. The number of anilines is 1. The van der Waals surface area contributed by atoms with Crippen molar-refractivity contribution in [1.29, 1.82) is 0 Å². The van der Waals surface area contributed by atoms with E-state index in [-0.39, 0.29) is 0 Å². The van der Waals surface area contributed by atoms with Crippen LogP contribution in [-0.2, 0) is 0 Å². The Bertz CT molecular complexity index is 540. The van der Waals surface area contributed by atoms with Gasteiger partial charge in [-0.05, 0) is 25.5 Å². The Kier molecular flexibility index (Phi) is 4.31. The van der Waals surface area contributed by atoms with Gasteiger partial charge >= 0.3 is 0 Å². The van der Waals surface area contributed by atoms with Gasteiger partial charge in [0.15, 0.2) is 5.82 Å². The van der Waals surface area contributed by atoms with Crippen LogP contribution in [0, 0.1) is 6.92 Å². The molecule has 1 N–H and O–H groups in total. The lowest BCUT2D eigenvalue weighted by atomic mass is 10.2. The van der Waals surface area contributed by atoms with Crippen molar-refractivity contribution in [3.8, 4) is 11.4 Å². The lowest BCUT2D eigenvalue weighted by Gasteiger charge is -2.08. The van der Waals surface area contributed by atoms with E-state index in [9.17, 15) is 0 Å². The van der Waals surface area contributed by atoms with E-state index >= 15 is 0 Å². The predicted molar refractivity (Wildman–Crippen MR) is 78.7 cm³/mol. The van der Waals surface area contributed by atoms with Gasteiger partial charge in [0, 0.05) is 28.3 Å². The van der Waals surface area contributed by atoms with Crippen LogP contribution >= 0.6 is 15.9 Å². The van der Waals surface area contributed by atoms with Crippen molar-refractivity contribution in [3.05, 3.63) is 40.5 Å². The van der Waals surface area contributed by atoms with Crippen molar-refractivity contribution < 1.29 is 0 Å². The molecule has 1 heterocycles. The summed E-state index contributed by atoms with van der Waals surface area (Å²) in [6, 6.07) is 10.00. The highest BCUT2D eigenvalue weighted by atomic mass is 79.9. The van der Waals surface area contributed by atoms with Crippen molar-refractivity contribution in [1.82, 2.24) is 9.97 Å². The summed E-state index contributed by atoms with van der Waals surface area (Å²) < 4.78 is 1.04. The van der Waals surface area contributed by atoms with Gasteiger partial charge in [0.05, 0.1) is 0 Å². The lowest BCUT2D eigenvalue weighted by molar-refractivity contribution is 0.962. The summed E-state index contributed by atoms with van der Waals surface area (Å²) in [7, 11) is 0. The fourth-order valence-corrected chi connectivity index (χ4v) is 2.07. The third-order valence-electron chi connectivity index (χ3n) is 2.49. The number of aromatic nitrogens is 2. The van der Waals surface area contributed by atoms with Crippen LogP contribution in [0.3, 0.4) is 0 Å². The highest BCUT2D eigenvalue weighted by Crippen LogP contribution is 2.21. The van der Waals surface area contributed by atoms with Gasteiger partial charge in [-0.2, -0.15) is 0 Å². The highest BCUT2D eigenvalue weighted by molar-refractivity contribution is 9.10. The van der Waals surface area contributed by atoms with Crippen molar-refractivity contribution in [3.63, 3.8) is 0 Å². The summed E-state index contributed by atoms with van der Waals surface area (Å²) in [6.45, 7) is 5.05.